The van der Waals surface area contributed by atoms with Gasteiger partial charge in [0.15, 0.2) is 0 Å². The highest BCUT2D eigenvalue weighted by Gasteiger charge is 2.17. The first kappa shape index (κ1) is 14.0. The molecule has 1 aromatic carbocycles. The van der Waals surface area contributed by atoms with Crippen molar-refractivity contribution in [2.75, 3.05) is 13.1 Å². The molecule has 1 heterocycles. The molecule has 1 N–H and O–H groups in total. The van der Waals surface area contributed by atoms with Crippen molar-refractivity contribution < 1.29 is 14.7 Å². The van der Waals surface area contributed by atoms with E-state index >= 15 is 0 Å². The van der Waals surface area contributed by atoms with Crippen LogP contribution in [-0.4, -0.2) is 40.0 Å². The van der Waals surface area contributed by atoms with Gasteiger partial charge in [-0.15, -0.1) is 0 Å². The van der Waals surface area contributed by atoms with Crippen LogP contribution in [0.2, 0.25) is 0 Å². The monoisotopic (exact) mass is 272 g/mol. The van der Waals surface area contributed by atoms with Crippen LogP contribution in [-0.2, 0) is 4.79 Å². The van der Waals surface area contributed by atoms with Crippen molar-refractivity contribution in [1.29, 1.82) is 0 Å². The summed E-state index contributed by atoms with van der Waals surface area (Å²) in [6, 6.07) is 9.14. The molecule has 104 valence electrons. The van der Waals surface area contributed by atoms with Gasteiger partial charge in [0.25, 0.3) is 5.91 Å². The van der Waals surface area contributed by atoms with E-state index in [1.165, 1.54) is 4.90 Å². The minimum Gasteiger partial charge on any atom is -0.481 e. The van der Waals surface area contributed by atoms with Gasteiger partial charge in [-0.1, -0.05) is 18.2 Å². The van der Waals surface area contributed by atoms with E-state index in [1.54, 1.807) is 12.3 Å². The van der Waals surface area contributed by atoms with Crippen LogP contribution in [0.25, 0.3) is 10.9 Å². The van der Waals surface area contributed by atoms with Crippen molar-refractivity contribution >= 4 is 22.8 Å². The molecule has 0 aliphatic heterocycles. The molecular formula is C15H16N2O3. The number of hydrogen-bond donors (Lipinski definition) is 1. The zero-order valence-electron chi connectivity index (χ0n) is 11.2. The van der Waals surface area contributed by atoms with Crippen LogP contribution in [0.3, 0.4) is 0 Å². The summed E-state index contributed by atoms with van der Waals surface area (Å²) in [6.45, 7) is 2.50. The van der Waals surface area contributed by atoms with Crippen molar-refractivity contribution in [2.45, 2.75) is 13.3 Å². The summed E-state index contributed by atoms with van der Waals surface area (Å²) >= 11 is 0. The Balaban J connectivity index is 2.32. The zero-order valence-corrected chi connectivity index (χ0v) is 11.2. The number of fused-ring (bicyclic) bond motifs is 1. The average Bonchev–Trinajstić information content (AvgIpc) is 2.46. The summed E-state index contributed by atoms with van der Waals surface area (Å²) in [5, 5.41) is 9.63. The number of pyridine rings is 1. The zero-order chi connectivity index (χ0) is 14.5. The maximum Gasteiger partial charge on any atom is 0.305 e. The summed E-state index contributed by atoms with van der Waals surface area (Å²) in [4.78, 5) is 28.9. The Hall–Kier alpha value is -2.43. The minimum atomic E-state index is -0.910. The lowest BCUT2D eigenvalue weighted by Gasteiger charge is -2.20. The number of hydrogen-bond acceptors (Lipinski definition) is 3. The highest BCUT2D eigenvalue weighted by Crippen LogP contribution is 2.17. The molecule has 0 aliphatic rings. The largest absolute Gasteiger partial charge is 0.481 e. The molecule has 1 amide bonds. The van der Waals surface area contributed by atoms with Crippen molar-refractivity contribution in [3.63, 3.8) is 0 Å². The number of carboxylic acids is 1. The maximum atomic E-state index is 12.5. The molecule has 5 heteroatoms. The number of nitrogens with zero attached hydrogens (tertiary/aromatic N) is 2. The van der Waals surface area contributed by atoms with Gasteiger partial charge in [-0.25, -0.2) is 0 Å². The van der Waals surface area contributed by atoms with Crippen molar-refractivity contribution in [2.24, 2.45) is 0 Å². The highest BCUT2D eigenvalue weighted by molar-refractivity contribution is 6.05. The number of para-hydroxylation sites is 1. The van der Waals surface area contributed by atoms with Crippen molar-refractivity contribution in [1.82, 2.24) is 9.88 Å². The van der Waals surface area contributed by atoms with Gasteiger partial charge in [0.2, 0.25) is 0 Å². The lowest BCUT2D eigenvalue weighted by molar-refractivity contribution is -0.137. The maximum absolute atomic E-state index is 12.5. The van der Waals surface area contributed by atoms with Gasteiger partial charge < -0.3 is 10.0 Å². The topological polar surface area (TPSA) is 70.5 Å². The molecule has 5 nitrogen and oxygen atoms in total. The Kier molecular flexibility index (Phi) is 4.30. The molecular weight excluding hydrogens is 256 g/mol. The van der Waals surface area contributed by atoms with Crippen LogP contribution >= 0.6 is 0 Å². The van der Waals surface area contributed by atoms with Crippen LogP contribution < -0.4 is 0 Å². The highest BCUT2D eigenvalue weighted by atomic mass is 16.4. The van der Waals surface area contributed by atoms with E-state index < -0.39 is 5.97 Å². The third-order valence-electron chi connectivity index (χ3n) is 3.13. The van der Waals surface area contributed by atoms with E-state index in [9.17, 15) is 9.59 Å². The number of carbonyl (C=O) groups excluding carboxylic acids is 1. The summed E-state index contributed by atoms with van der Waals surface area (Å²) in [5.74, 6) is -1.09. The molecule has 0 fully saturated rings. The fraction of sp³-hybridized carbons (Fsp3) is 0.267. The summed E-state index contributed by atoms with van der Waals surface area (Å²) in [7, 11) is 0. The fourth-order valence-corrected chi connectivity index (χ4v) is 2.08. The molecule has 20 heavy (non-hydrogen) atoms. The number of amides is 1. The Labute approximate surface area is 116 Å². The molecule has 0 saturated carbocycles. The third kappa shape index (κ3) is 2.93. The normalized spacial score (nSPS) is 10.4. The summed E-state index contributed by atoms with van der Waals surface area (Å²) in [6.07, 6.45) is 1.59. The average molecular weight is 272 g/mol. The van der Waals surface area contributed by atoms with Gasteiger partial charge in [0.1, 0.15) is 0 Å². The van der Waals surface area contributed by atoms with E-state index in [-0.39, 0.29) is 18.9 Å². The Morgan fingerprint density at radius 1 is 1.25 bits per heavy atom. The first-order valence-electron chi connectivity index (χ1n) is 6.48. The Morgan fingerprint density at radius 2 is 2.00 bits per heavy atom. The Bertz CT molecular complexity index is 635. The van der Waals surface area contributed by atoms with E-state index in [2.05, 4.69) is 4.98 Å². The summed E-state index contributed by atoms with van der Waals surface area (Å²) in [5.41, 5.74) is 1.16. The smallest absolute Gasteiger partial charge is 0.305 e. The summed E-state index contributed by atoms with van der Waals surface area (Å²) < 4.78 is 0. The molecule has 1 aromatic heterocycles. The van der Waals surface area contributed by atoms with Crippen LogP contribution in [0.4, 0.5) is 0 Å². The van der Waals surface area contributed by atoms with Crippen LogP contribution in [0.15, 0.2) is 36.5 Å². The van der Waals surface area contributed by atoms with Crippen molar-refractivity contribution in [3.8, 4) is 0 Å². The predicted molar refractivity (Wildman–Crippen MR) is 75.6 cm³/mol. The van der Waals surface area contributed by atoms with Gasteiger partial charge in [-0.05, 0) is 19.1 Å². The quantitative estimate of drug-likeness (QED) is 0.905. The number of aromatic nitrogens is 1. The molecule has 0 atom stereocenters. The van der Waals surface area contributed by atoms with Gasteiger partial charge in [0.05, 0.1) is 17.5 Å². The molecule has 0 bridgehead atoms. The third-order valence-corrected chi connectivity index (χ3v) is 3.13. The van der Waals surface area contributed by atoms with Gasteiger partial charge in [-0.3, -0.25) is 14.6 Å². The van der Waals surface area contributed by atoms with Crippen LogP contribution in [0.1, 0.15) is 23.7 Å². The molecule has 0 saturated heterocycles. The second-order valence-corrected chi connectivity index (χ2v) is 4.41. The number of benzene rings is 1. The SMILES string of the molecule is CCN(CCC(=O)O)C(=O)c1cccc2cccnc12. The van der Waals surface area contributed by atoms with Crippen LogP contribution in [0.5, 0.6) is 0 Å². The lowest BCUT2D eigenvalue weighted by atomic mass is 10.1. The number of aliphatic carboxylic acids is 1. The van der Waals surface area contributed by atoms with Crippen LogP contribution in [0, 0.1) is 0 Å². The standard InChI is InChI=1S/C15H16N2O3/c1-2-17(10-8-13(18)19)15(20)12-7-3-5-11-6-4-9-16-14(11)12/h3-7,9H,2,8,10H2,1H3,(H,18,19). The predicted octanol–water partition coefficient (Wildman–Crippen LogP) is 2.17. The van der Waals surface area contributed by atoms with E-state index in [0.29, 0.717) is 17.6 Å². The molecule has 0 spiro atoms. The van der Waals surface area contributed by atoms with Gasteiger partial charge in [-0.2, -0.15) is 0 Å². The molecule has 2 aromatic rings. The number of carbonyl (C=O) groups is 2. The second-order valence-electron chi connectivity index (χ2n) is 4.41. The molecule has 0 unspecified atom stereocenters. The molecule has 0 aliphatic carbocycles. The fourth-order valence-electron chi connectivity index (χ4n) is 2.08. The second kappa shape index (κ2) is 6.14. The first-order chi connectivity index (χ1) is 9.63. The molecule has 2 rings (SSSR count). The van der Waals surface area contributed by atoms with Crippen molar-refractivity contribution in [3.05, 3.63) is 42.1 Å². The number of carboxylic acid groups (broad SMARTS) is 1. The van der Waals surface area contributed by atoms with E-state index in [1.807, 2.05) is 31.2 Å². The molecule has 0 radical (unpaired) electrons. The van der Waals surface area contributed by atoms with Gasteiger partial charge >= 0.3 is 5.97 Å². The minimum absolute atomic E-state index is 0.0578. The lowest BCUT2D eigenvalue weighted by Crippen LogP contribution is -2.33. The number of rotatable bonds is 5. The Morgan fingerprint density at radius 3 is 2.70 bits per heavy atom. The van der Waals surface area contributed by atoms with Gasteiger partial charge in [0, 0.05) is 24.7 Å². The first-order valence-corrected chi connectivity index (χ1v) is 6.48. The van der Waals surface area contributed by atoms with E-state index in [4.69, 9.17) is 5.11 Å². The van der Waals surface area contributed by atoms with E-state index in [0.717, 1.165) is 5.39 Å².